The SMILES string of the molecule is CCN(Cc1ccccc1CN)c1nnc(C)c(C)n1. The fourth-order valence-corrected chi connectivity index (χ4v) is 2.02. The van der Waals surface area contributed by atoms with Gasteiger partial charge >= 0.3 is 0 Å². The Morgan fingerprint density at radius 3 is 2.35 bits per heavy atom. The van der Waals surface area contributed by atoms with Crippen LogP contribution in [0.15, 0.2) is 24.3 Å². The van der Waals surface area contributed by atoms with Gasteiger partial charge in [0, 0.05) is 19.6 Å². The van der Waals surface area contributed by atoms with Crippen molar-refractivity contribution in [1.82, 2.24) is 15.2 Å². The molecule has 0 amide bonds. The van der Waals surface area contributed by atoms with Crippen molar-refractivity contribution in [3.8, 4) is 0 Å². The van der Waals surface area contributed by atoms with Gasteiger partial charge in [0.1, 0.15) is 0 Å². The Labute approximate surface area is 119 Å². The summed E-state index contributed by atoms with van der Waals surface area (Å²) in [6.07, 6.45) is 0. The predicted octanol–water partition coefficient (Wildman–Crippen LogP) is 1.97. The summed E-state index contributed by atoms with van der Waals surface area (Å²) in [7, 11) is 0. The third-order valence-corrected chi connectivity index (χ3v) is 3.44. The monoisotopic (exact) mass is 271 g/mol. The van der Waals surface area contributed by atoms with Gasteiger partial charge in [0.25, 0.3) is 0 Å². The number of benzene rings is 1. The number of nitrogens with zero attached hydrogens (tertiary/aromatic N) is 4. The first-order chi connectivity index (χ1) is 9.65. The first-order valence-electron chi connectivity index (χ1n) is 6.85. The van der Waals surface area contributed by atoms with Crippen LogP contribution in [0.1, 0.15) is 29.4 Å². The van der Waals surface area contributed by atoms with Gasteiger partial charge in [-0.15, -0.1) is 5.10 Å². The van der Waals surface area contributed by atoms with Crippen LogP contribution in [0.2, 0.25) is 0 Å². The zero-order valence-corrected chi connectivity index (χ0v) is 12.3. The van der Waals surface area contributed by atoms with Gasteiger partial charge in [0.05, 0.1) is 11.4 Å². The van der Waals surface area contributed by atoms with Crippen molar-refractivity contribution in [3.05, 3.63) is 46.8 Å². The molecule has 106 valence electrons. The largest absolute Gasteiger partial charge is 0.335 e. The minimum absolute atomic E-state index is 0.541. The number of nitrogens with two attached hydrogens (primary N) is 1. The van der Waals surface area contributed by atoms with E-state index in [0.717, 1.165) is 30.0 Å². The second-order valence-electron chi connectivity index (χ2n) is 4.77. The molecular weight excluding hydrogens is 250 g/mol. The Kier molecular flexibility index (Phi) is 4.63. The molecule has 0 aliphatic heterocycles. The third kappa shape index (κ3) is 3.11. The molecule has 0 saturated carbocycles. The van der Waals surface area contributed by atoms with Crippen molar-refractivity contribution in [3.63, 3.8) is 0 Å². The molecule has 20 heavy (non-hydrogen) atoms. The summed E-state index contributed by atoms with van der Waals surface area (Å²) in [4.78, 5) is 6.62. The Hall–Kier alpha value is -2.01. The molecule has 1 heterocycles. The smallest absolute Gasteiger partial charge is 0.245 e. The minimum atomic E-state index is 0.541. The van der Waals surface area contributed by atoms with Crippen LogP contribution in [0.25, 0.3) is 0 Å². The predicted molar refractivity (Wildman–Crippen MR) is 80.4 cm³/mol. The van der Waals surface area contributed by atoms with E-state index in [-0.39, 0.29) is 0 Å². The fraction of sp³-hybridized carbons (Fsp3) is 0.400. The Bertz CT molecular complexity index is 582. The van der Waals surface area contributed by atoms with Gasteiger partial charge in [-0.3, -0.25) is 0 Å². The average Bonchev–Trinajstić information content (AvgIpc) is 2.48. The molecule has 0 saturated heterocycles. The lowest BCUT2D eigenvalue weighted by Crippen LogP contribution is -2.26. The molecule has 0 unspecified atom stereocenters. The number of hydrogen-bond donors (Lipinski definition) is 1. The van der Waals surface area contributed by atoms with E-state index < -0.39 is 0 Å². The van der Waals surface area contributed by atoms with E-state index in [1.165, 1.54) is 5.56 Å². The first kappa shape index (κ1) is 14.4. The highest BCUT2D eigenvalue weighted by Crippen LogP contribution is 2.15. The molecule has 0 fully saturated rings. The maximum absolute atomic E-state index is 5.79. The van der Waals surface area contributed by atoms with E-state index in [1.807, 2.05) is 26.0 Å². The first-order valence-corrected chi connectivity index (χ1v) is 6.85. The Balaban J connectivity index is 2.26. The number of aromatic nitrogens is 3. The molecule has 2 N–H and O–H groups in total. The standard InChI is InChI=1S/C15H21N5/c1-4-20(15-17-11(2)12(3)18-19-15)10-14-8-6-5-7-13(14)9-16/h5-8H,4,9-10,16H2,1-3H3. The summed E-state index contributed by atoms with van der Waals surface area (Å²) in [5, 5.41) is 8.35. The highest BCUT2D eigenvalue weighted by atomic mass is 15.3. The van der Waals surface area contributed by atoms with E-state index in [9.17, 15) is 0 Å². The van der Waals surface area contributed by atoms with Crippen molar-refractivity contribution < 1.29 is 0 Å². The van der Waals surface area contributed by atoms with Crippen LogP contribution in [0, 0.1) is 13.8 Å². The zero-order valence-electron chi connectivity index (χ0n) is 12.3. The molecule has 0 atom stereocenters. The van der Waals surface area contributed by atoms with Crippen molar-refractivity contribution in [2.45, 2.75) is 33.9 Å². The second kappa shape index (κ2) is 6.43. The minimum Gasteiger partial charge on any atom is -0.335 e. The number of rotatable bonds is 5. The normalized spacial score (nSPS) is 10.6. The molecule has 0 spiro atoms. The molecule has 2 aromatic rings. The summed E-state index contributed by atoms with van der Waals surface area (Å²) in [5.41, 5.74) is 9.94. The lowest BCUT2D eigenvalue weighted by molar-refractivity contribution is 0.750. The molecular formula is C15H21N5. The van der Waals surface area contributed by atoms with E-state index in [4.69, 9.17) is 5.73 Å². The number of aryl methyl sites for hydroxylation is 2. The zero-order chi connectivity index (χ0) is 14.5. The fourth-order valence-electron chi connectivity index (χ4n) is 2.02. The molecule has 5 heteroatoms. The molecule has 1 aromatic heterocycles. The van der Waals surface area contributed by atoms with Crippen molar-refractivity contribution in [2.75, 3.05) is 11.4 Å². The average molecular weight is 271 g/mol. The van der Waals surface area contributed by atoms with Crippen LogP contribution in [0.3, 0.4) is 0 Å². The summed E-state index contributed by atoms with van der Waals surface area (Å²) < 4.78 is 0. The lowest BCUT2D eigenvalue weighted by Gasteiger charge is -2.22. The number of hydrogen-bond acceptors (Lipinski definition) is 5. The number of anilines is 1. The highest BCUT2D eigenvalue weighted by molar-refractivity contribution is 5.35. The van der Waals surface area contributed by atoms with Gasteiger partial charge in [-0.05, 0) is 31.9 Å². The summed E-state index contributed by atoms with van der Waals surface area (Å²) in [5.74, 6) is 0.669. The molecule has 5 nitrogen and oxygen atoms in total. The maximum Gasteiger partial charge on any atom is 0.245 e. The van der Waals surface area contributed by atoms with Crippen molar-refractivity contribution >= 4 is 5.95 Å². The van der Waals surface area contributed by atoms with Crippen LogP contribution < -0.4 is 10.6 Å². The van der Waals surface area contributed by atoms with Gasteiger partial charge in [-0.2, -0.15) is 5.10 Å². The molecule has 0 aliphatic rings. The van der Waals surface area contributed by atoms with Gasteiger partial charge in [-0.1, -0.05) is 24.3 Å². The van der Waals surface area contributed by atoms with Crippen LogP contribution in [-0.4, -0.2) is 21.7 Å². The summed E-state index contributed by atoms with van der Waals surface area (Å²) in [6, 6.07) is 8.19. The van der Waals surface area contributed by atoms with Gasteiger partial charge < -0.3 is 10.6 Å². The van der Waals surface area contributed by atoms with Gasteiger partial charge in [-0.25, -0.2) is 4.98 Å². The summed E-state index contributed by atoms with van der Waals surface area (Å²) in [6.45, 7) is 8.06. The van der Waals surface area contributed by atoms with E-state index >= 15 is 0 Å². The topological polar surface area (TPSA) is 67.9 Å². The maximum atomic E-state index is 5.79. The third-order valence-electron chi connectivity index (χ3n) is 3.44. The molecule has 1 aromatic carbocycles. The van der Waals surface area contributed by atoms with Crippen LogP contribution in [0.4, 0.5) is 5.95 Å². The quantitative estimate of drug-likeness (QED) is 0.900. The van der Waals surface area contributed by atoms with Gasteiger partial charge in [0.2, 0.25) is 5.95 Å². The van der Waals surface area contributed by atoms with Crippen molar-refractivity contribution in [1.29, 1.82) is 0 Å². The molecule has 0 aliphatic carbocycles. The van der Waals surface area contributed by atoms with Crippen LogP contribution >= 0.6 is 0 Å². The van der Waals surface area contributed by atoms with E-state index in [0.29, 0.717) is 12.5 Å². The van der Waals surface area contributed by atoms with Crippen LogP contribution in [0.5, 0.6) is 0 Å². The van der Waals surface area contributed by atoms with E-state index in [1.54, 1.807) is 0 Å². The van der Waals surface area contributed by atoms with Crippen molar-refractivity contribution in [2.24, 2.45) is 5.73 Å². The Morgan fingerprint density at radius 1 is 1.05 bits per heavy atom. The molecule has 0 radical (unpaired) electrons. The van der Waals surface area contributed by atoms with Crippen LogP contribution in [-0.2, 0) is 13.1 Å². The molecule has 2 rings (SSSR count). The summed E-state index contributed by atoms with van der Waals surface area (Å²) >= 11 is 0. The lowest BCUT2D eigenvalue weighted by atomic mass is 10.1. The van der Waals surface area contributed by atoms with E-state index in [2.05, 4.69) is 39.1 Å². The highest BCUT2D eigenvalue weighted by Gasteiger charge is 2.12. The molecule has 0 bridgehead atoms. The Morgan fingerprint density at radius 2 is 1.75 bits per heavy atom. The second-order valence-corrected chi connectivity index (χ2v) is 4.77. The van der Waals surface area contributed by atoms with Gasteiger partial charge in [0.15, 0.2) is 0 Å².